The smallest absolute Gasteiger partial charge is 0.236 e. The number of hydrogen-bond acceptors (Lipinski definition) is 4. The van der Waals surface area contributed by atoms with Crippen LogP contribution in [0.2, 0.25) is 0 Å². The fourth-order valence-corrected chi connectivity index (χ4v) is 3.31. The minimum atomic E-state index is -0.345. The SMILES string of the molecule is CCC1SC(N=O)C(C)N(C(C)(C)C)C1=O. The van der Waals surface area contributed by atoms with Gasteiger partial charge in [0, 0.05) is 5.54 Å². The molecule has 0 bridgehead atoms. The molecule has 16 heavy (non-hydrogen) atoms. The van der Waals surface area contributed by atoms with E-state index in [0.717, 1.165) is 6.42 Å². The first-order valence-corrected chi connectivity index (χ1v) is 6.58. The summed E-state index contributed by atoms with van der Waals surface area (Å²) in [5, 5.41) is 2.67. The maximum absolute atomic E-state index is 12.2. The van der Waals surface area contributed by atoms with Crippen molar-refractivity contribution in [2.24, 2.45) is 5.18 Å². The molecular formula is C11H20N2O2S. The standard InChI is InChI=1S/C11H20N2O2S/c1-6-8-10(14)13(11(3,4)5)7(2)9(12-15)16-8/h7-9H,6H2,1-5H3. The summed E-state index contributed by atoms with van der Waals surface area (Å²) in [6, 6.07) is -0.127. The fraction of sp³-hybridized carbons (Fsp3) is 0.909. The average Bonchev–Trinajstić information content (AvgIpc) is 2.16. The molecule has 3 unspecified atom stereocenters. The molecule has 0 saturated carbocycles. The van der Waals surface area contributed by atoms with Gasteiger partial charge in [-0.2, -0.15) is 0 Å². The van der Waals surface area contributed by atoms with Gasteiger partial charge in [0.1, 0.15) is 0 Å². The molecule has 0 aliphatic carbocycles. The van der Waals surface area contributed by atoms with Crippen LogP contribution in [0.5, 0.6) is 0 Å². The summed E-state index contributed by atoms with van der Waals surface area (Å²) in [5.74, 6) is 0.132. The number of carbonyl (C=O) groups is 1. The molecule has 0 radical (unpaired) electrons. The third kappa shape index (κ3) is 2.39. The second kappa shape index (κ2) is 4.73. The van der Waals surface area contributed by atoms with Crippen LogP contribution in [0.25, 0.3) is 0 Å². The monoisotopic (exact) mass is 244 g/mol. The van der Waals surface area contributed by atoms with Crippen molar-refractivity contribution in [3.63, 3.8) is 0 Å². The van der Waals surface area contributed by atoms with Crippen LogP contribution >= 0.6 is 11.8 Å². The van der Waals surface area contributed by atoms with Crippen LogP contribution in [0, 0.1) is 4.91 Å². The lowest BCUT2D eigenvalue weighted by Gasteiger charge is -2.46. The molecule has 4 nitrogen and oxygen atoms in total. The zero-order valence-electron chi connectivity index (χ0n) is 10.6. The molecule has 1 rings (SSSR count). The Kier molecular flexibility index (Phi) is 3.99. The number of thioether (sulfide) groups is 1. The Morgan fingerprint density at radius 1 is 1.44 bits per heavy atom. The summed E-state index contributed by atoms with van der Waals surface area (Å²) in [6.45, 7) is 9.84. The van der Waals surface area contributed by atoms with Gasteiger partial charge in [-0.05, 0) is 34.1 Å². The van der Waals surface area contributed by atoms with Gasteiger partial charge in [-0.25, -0.2) is 0 Å². The van der Waals surface area contributed by atoms with Crippen LogP contribution in [0.4, 0.5) is 0 Å². The molecule has 3 atom stereocenters. The van der Waals surface area contributed by atoms with Crippen molar-refractivity contribution in [3.8, 4) is 0 Å². The fourth-order valence-electron chi connectivity index (χ4n) is 2.15. The Morgan fingerprint density at radius 2 is 2.00 bits per heavy atom. The Labute approximate surface area is 101 Å². The zero-order valence-corrected chi connectivity index (χ0v) is 11.4. The van der Waals surface area contributed by atoms with E-state index in [4.69, 9.17) is 0 Å². The van der Waals surface area contributed by atoms with Crippen molar-refractivity contribution in [1.29, 1.82) is 0 Å². The second-order valence-corrected chi connectivity index (χ2v) is 6.47. The topological polar surface area (TPSA) is 49.7 Å². The predicted octanol–water partition coefficient (Wildman–Crippen LogP) is 2.62. The van der Waals surface area contributed by atoms with Crippen LogP contribution in [-0.4, -0.2) is 33.0 Å². The van der Waals surface area contributed by atoms with Gasteiger partial charge >= 0.3 is 0 Å². The van der Waals surface area contributed by atoms with Gasteiger partial charge in [0.25, 0.3) is 0 Å². The van der Waals surface area contributed by atoms with Crippen molar-refractivity contribution >= 4 is 17.7 Å². The molecule has 1 fully saturated rings. The minimum Gasteiger partial charge on any atom is -0.331 e. The molecule has 5 heteroatoms. The third-order valence-electron chi connectivity index (χ3n) is 2.83. The van der Waals surface area contributed by atoms with E-state index in [2.05, 4.69) is 5.18 Å². The van der Waals surface area contributed by atoms with Crippen LogP contribution in [-0.2, 0) is 4.79 Å². The third-order valence-corrected chi connectivity index (χ3v) is 4.46. The second-order valence-electron chi connectivity index (χ2n) is 5.15. The van der Waals surface area contributed by atoms with Crippen LogP contribution in [0.1, 0.15) is 41.0 Å². The van der Waals surface area contributed by atoms with Crippen LogP contribution in [0.3, 0.4) is 0 Å². The van der Waals surface area contributed by atoms with E-state index in [1.807, 2.05) is 39.5 Å². The maximum Gasteiger partial charge on any atom is 0.236 e. The summed E-state index contributed by atoms with van der Waals surface area (Å²) in [5.41, 5.74) is -0.256. The molecule has 1 saturated heterocycles. The lowest BCUT2D eigenvalue weighted by atomic mass is 10.0. The lowest BCUT2D eigenvalue weighted by Crippen LogP contribution is -2.59. The van der Waals surface area contributed by atoms with Crippen molar-refractivity contribution < 1.29 is 4.79 Å². The van der Waals surface area contributed by atoms with Crippen LogP contribution < -0.4 is 0 Å². The van der Waals surface area contributed by atoms with Gasteiger partial charge in [0.05, 0.1) is 11.3 Å². The van der Waals surface area contributed by atoms with Gasteiger partial charge in [0.15, 0.2) is 5.37 Å². The lowest BCUT2D eigenvalue weighted by molar-refractivity contribution is -0.139. The Balaban J connectivity index is 3.02. The molecule has 1 aliphatic heterocycles. The zero-order chi connectivity index (χ0) is 12.5. The quantitative estimate of drug-likeness (QED) is 0.702. The van der Waals surface area contributed by atoms with E-state index in [1.165, 1.54) is 11.8 Å². The van der Waals surface area contributed by atoms with E-state index in [-0.39, 0.29) is 28.1 Å². The first-order valence-electron chi connectivity index (χ1n) is 5.64. The normalized spacial score (nSPS) is 31.7. The predicted molar refractivity (Wildman–Crippen MR) is 67.3 cm³/mol. The summed E-state index contributed by atoms with van der Waals surface area (Å²) in [6.07, 6.45) is 0.745. The number of carbonyl (C=O) groups excluding carboxylic acids is 1. The first-order chi connectivity index (χ1) is 7.32. The Hall–Kier alpha value is -0.580. The number of amides is 1. The number of nitrogens with zero attached hydrogens (tertiary/aromatic N) is 2. The molecule has 0 aromatic rings. The molecule has 0 aromatic heterocycles. The summed E-state index contributed by atoms with van der Waals surface area (Å²) in [7, 11) is 0. The van der Waals surface area contributed by atoms with E-state index in [9.17, 15) is 9.70 Å². The highest BCUT2D eigenvalue weighted by molar-refractivity contribution is 8.01. The number of nitroso groups, excluding NO2 is 1. The molecule has 0 spiro atoms. The van der Waals surface area contributed by atoms with E-state index in [1.54, 1.807) is 0 Å². The van der Waals surface area contributed by atoms with Gasteiger partial charge in [0.2, 0.25) is 5.91 Å². The summed E-state index contributed by atoms with van der Waals surface area (Å²) >= 11 is 1.40. The van der Waals surface area contributed by atoms with E-state index < -0.39 is 0 Å². The number of hydrogen-bond donors (Lipinski definition) is 0. The minimum absolute atomic E-state index is 0.127. The first kappa shape index (κ1) is 13.5. The molecule has 92 valence electrons. The highest BCUT2D eigenvalue weighted by Gasteiger charge is 2.44. The largest absolute Gasteiger partial charge is 0.331 e. The van der Waals surface area contributed by atoms with Gasteiger partial charge in [-0.15, -0.1) is 16.7 Å². The highest BCUT2D eigenvalue weighted by Crippen LogP contribution is 2.37. The van der Waals surface area contributed by atoms with Gasteiger partial charge in [-0.3, -0.25) is 4.79 Å². The maximum atomic E-state index is 12.2. The van der Waals surface area contributed by atoms with Crippen molar-refractivity contribution in [2.45, 2.75) is 63.2 Å². The summed E-state index contributed by atoms with van der Waals surface area (Å²) in [4.78, 5) is 24.8. The molecular weight excluding hydrogens is 224 g/mol. The average molecular weight is 244 g/mol. The molecule has 0 N–H and O–H groups in total. The summed E-state index contributed by atoms with van der Waals surface area (Å²) < 4.78 is 0. The molecule has 1 amide bonds. The van der Waals surface area contributed by atoms with E-state index in [0.29, 0.717) is 0 Å². The molecule has 1 aliphatic rings. The van der Waals surface area contributed by atoms with E-state index >= 15 is 0 Å². The van der Waals surface area contributed by atoms with Crippen molar-refractivity contribution in [1.82, 2.24) is 4.90 Å². The van der Waals surface area contributed by atoms with Gasteiger partial charge < -0.3 is 4.90 Å². The number of rotatable bonds is 2. The molecule has 1 heterocycles. The highest BCUT2D eigenvalue weighted by atomic mass is 32.2. The molecule has 0 aromatic carbocycles. The Bertz CT molecular complexity index is 288. The van der Waals surface area contributed by atoms with Gasteiger partial charge in [-0.1, -0.05) is 12.1 Å². The van der Waals surface area contributed by atoms with Crippen LogP contribution in [0.15, 0.2) is 5.18 Å². The Morgan fingerprint density at radius 3 is 2.38 bits per heavy atom. The van der Waals surface area contributed by atoms with Crippen molar-refractivity contribution in [2.75, 3.05) is 0 Å². The van der Waals surface area contributed by atoms with Crippen molar-refractivity contribution in [3.05, 3.63) is 4.91 Å².